The van der Waals surface area contributed by atoms with Crippen molar-refractivity contribution >= 4 is 32.7 Å². The van der Waals surface area contributed by atoms with Crippen LogP contribution in [0.2, 0.25) is 0 Å². The first-order valence-corrected chi connectivity index (χ1v) is 11.1. The molecule has 1 aliphatic heterocycles. The number of rotatable bonds is 9. The number of methoxy groups -OCH3 is 1. The number of unbranched alkanes of at least 4 members (excludes halogenated alkanes) is 2. The van der Waals surface area contributed by atoms with Crippen LogP contribution >= 0.6 is 11.3 Å². The summed E-state index contributed by atoms with van der Waals surface area (Å²) < 4.78 is 17.8. The van der Waals surface area contributed by atoms with Gasteiger partial charge in [0.2, 0.25) is 0 Å². The second-order valence-electron chi connectivity index (χ2n) is 7.32. The van der Waals surface area contributed by atoms with E-state index in [0.29, 0.717) is 25.3 Å². The normalized spacial score (nSPS) is 13.9. The molecule has 7 heteroatoms. The quantitative estimate of drug-likeness (QED) is 0.358. The van der Waals surface area contributed by atoms with E-state index >= 15 is 0 Å². The highest BCUT2D eigenvalue weighted by molar-refractivity contribution is 7.22. The molecule has 30 heavy (non-hydrogen) atoms. The number of esters is 1. The number of para-hydroxylation sites is 1. The average molecular weight is 427 g/mol. The van der Waals surface area contributed by atoms with Crippen molar-refractivity contribution in [2.75, 3.05) is 31.7 Å². The molecule has 0 bridgehead atoms. The van der Waals surface area contributed by atoms with Crippen LogP contribution in [-0.2, 0) is 4.74 Å². The van der Waals surface area contributed by atoms with Gasteiger partial charge in [-0.15, -0.1) is 0 Å². The molecule has 1 saturated heterocycles. The predicted molar refractivity (Wildman–Crippen MR) is 119 cm³/mol. The minimum Gasteiger partial charge on any atom is -0.494 e. The maximum atomic E-state index is 12.4. The molecule has 1 fully saturated rings. The number of carbonyl (C=O) groups is 1. The van der Waals surface area contributed by atoms with E-state index in [2.05, 4.69) is 16.8 Å². The first kappa shape index (κ1) is 20.5. The third kappa shape index (κ3) is 4.51. The number of thiazole rings is 1. The zero-order valence-electron chi connectivity index (χ0n) is 17.3. The Labute approximate surface area is 180 Å². The summed E-state index contributed by atoms with van der Waals surface area (Å²) in [4.78, 5) is 19.2. The van der Waals surface area contributed by atoms with Crippen LogP contribution in [0.15, 0.2) is 42.5 Å². The summed E-state index contributed by atoms with van der Waals surface area (Å²) in [6, 6.07) is 13.1. The maximum absolute atomic E-state index is 12.4. The molecule has 6 nitrogen and oxygen atoms in total. The van der Waals surface area contributed by atoms with Gasteiger partial charge in [-0.05, 0) is 42.8 Å². The molecule has 0 saturated carbocycles. The minimum absolute atomic E-state index is 0.128. The van der Waals surface area contributed by atoms with E-state index in [0.717, 1.165) is 39.7 Å². The van der Waals surface area contributed by atoms with Gasteiger partial charge in [0.1, 0.15) is 23.1 Å². The summed E-state index contributed by atoms with van der Waals surface area (Å²) in [5, 5.41) is 0.923. The van der Waals surface area contributed by atoms with E-state index in [1.165, 1.54) is 6.42 Å². The van der Waals surface area contributed by atoms with E-state index in [1.54, 1.807) is 30.6 Å². The Hall–Kier alpha value is -2.80. The lowest BCUT2D eigenvalue weighted by atomic mass is 10.1. The Bertz CT molecular complexity index is 996. The van der Waals surface area contributed by atoms with Gasteiger partial charge in [0.25, 0.3) is 0 Å². The van der Waals surface area contributed by atoms with Crippen molar-refractivity contribution < 1.29 is 19.0 Å². The van der Waals surface area contributed by atoms with Crippen LogP contribution in [-0.4, -0.2) is 43.9 Å². The van der Waals surface area contributed by atoms with Crippen molar-refractivity contribution in [1.82, 2.24) is 4.98 Å². The van der Waals surface area contributed by atoms with Crippen molar-refractivity contribution in [1.29, 1.82) is 0 Å². The topological polar surface area (TPSA) is 60.9 Å². The number of carbonyl (C=O) groups excluding carboxylic acids is 1. The van der Waals surface area contributed by atoms with Crippen LogP contribution in [0.1, 0.15) is 36.5 Å². The summed E-state index contributed by atoms with van der Waals surface area (Å²) in [6.45, 7) is 4.16. The molecule has 0 unspecified atom stereocenters. The fourth-order valence-electron chi connectivity index (χ4n) is 3.33. The molecule has 2 aromatic carbocycles. The van der Waals surface area contributed by atoms with E-state index in [4.69, 9.17) is 14.2 Å². The molecule has 2 heterocycles. The fraction of sp³-hybridized carbons (Fsp3) is 0.391. The maximum Gasteiger partial charge on any atom is 0.338 e. The van der Waals surface area contributed by atoms with Crippen LogP contribution in [0, 0.1) is 0 Å². The Balaban J connectivity index is 1.28. The van der Waals surface area contributed by atoms with Crippen LogP contribution in [0.3, 0.4) is 0 Å². The second-order valence-corrected chi connectivity index (χ2v) is 8.32. The molecule has 0 amide bonds. The second kappa shape index (κ2) is 9.34. The lowest BCUT2D eigenvalue weighted by Crippen LogP contribution is -2.53. The number of ether oxygens (including phenoxy) is 3. The number of hydrogen-bond acceptors (Lipinski definition) is 7. The van der Waals surface area contributed by atoms with Gasteiger partial charge in [0.05, 0.1) is 37.1 Å². The molecule has 4 rings (SSSR count). The molecule has 0 atom stereocenters. The Morgan fingerprint density at radius 2 is 1.97 bits per heavy atom. The largest absolute Gasteiger partial charge is 0.494 e. The van der Waals surface area contributed by atoms with E-state index in [9.17, 15) is 4.79 Å². The van der Waals surface area contributed by atoms with Crippen LogP contribution in [0.25, 0.3) is 10.2 Å². The van der Waals surface area contributed by atoms with Crippen molar-refractivity contribution in [2.24, 2.45) is 0 Å². The van der Waals surface area contributed by atoms with Gasteiger partial charge in [-0.25, -0.2) is 9.78 Å². The highest BCUT2D eigenvalue weighted by Gasteiger charge is 2.32. The van der Waals surface area contributed by atoms with Crippen molar-refractivity contribution in [3.05, 3.63) is 48.0 Å². The first-order chi connectivity index (χ1) is 14.7. The monoisotopic (exact) mass is 426 g/mol. The van der Waals surface area contributed by atoms with Gasteiger partial charge in [-0.1, -0.05) is 37.2 Å². The molecule has 1 aliphatic rings. The zero-order chi connectivity index (χ0) is 20.9. The van der Waals surface area contributed by atoms with E-state index in [-0.39, 0.29) is 12.1 Å². The number of aromatic nitrogens is 1. The standard InChI is InChI=1S/C23H26N2O4S/c1-3-4-5-13-28-17-11-9-16(10-12-17)22(26)29-18-14-25(15-18)23-24-21-19(27-2)7-6-8-20(21)30-23/h6-12,18H,3-5,13-15H2,1-2H3. The van der Waals surface area contributed by atoms with Crippen molar-refractivity contribution in [3.8, 4) is 11.5 Å². The van der Waals surface area contributed by atoms with E-state index in [1.807, 2.05) is 30.3 Å². The summed E-state index contributed by atoms with van der Waals surface area (Å²) in [5.74, 6) is 1.25. The van der Waals surface area contributed by atoms with Gasteiger partial charge >= 0.3 is 5.97 Å². The summed E-state index contributed by atoms with van der Waals surface area (Å²) in [5.41, 5.74) is 1.41. The highest BCUT2D eigenvalue weighted by atomic mass is 32.1. The lowest BCUT2D eigenvalue weighted by Gasteiger charge is -2.38. The molecular weight excluding hydrogens is 400 g/mol. The Kier molecular flexibility index (Phi) is 6.38. The molecule has 0 N–H and O–H groups in total. The molecule has 0 radical (unpaired) electrons. The summed E-state index contributed by atoms with van der Waals surface area (Å²) in [6.07, 6.45) is 3.24. The van der Waals surface area contributed by atoms with E-state index < -0.39 is 0 Å². The smallest absolute Gasteiger partial charge is 0.338 e. The number of benzene rings is 2. The zero-order valence-corrected chi connectivity index (χ0v) is 18.1. The van der Waals surface area contributed by atoms with Crippen LogP contribution in [0.4, 0.5) is 5.13 Å². The minimum atomic E-state index is -0.303. The number of hydrogen-bond donors (Lipinski definition) is 0. The molecule has 0 spiro atoms. The molecule has 3 aromatic rings. The SMILES string of the molecule is CCCCCOc1ccc(C(=O)OC2CN(c3nc4c(OC)cccc4s3)C2)cc1. The van der Waals surface area contributed by atoms with Crippen LogP contribution in [0.5, 0.6) is 11.5 Å². The predicted octanol–water partition coefficient (Wildman–Crippen LogP) is 4.92. The Morgan fingerprint density at radius 1 is 1.17 bits per heavy atom. The molecule has 1 aromatic heterocycles. The van der Waals surface area contributed by atoms with Gasteiger partial charge in [0, 0.05) is 0 Å². The summed E-state index contributed by atoms with van der Waals surface area (Å²) >= 11 is 1.62. The lowest BCUT2D eigenvalue weighted by molar-refractivity contribution is 0.0234. The number of anilines is 1. The number of fused-ring (bicyclic) bond motifs is 1. The molecule has 158 valence electrons. The van der Waals surface area contributed by atoms with Gasteiger partial charge in [-0.3, -0.25) is 0 Å². The average Bonchev–Trinajstić information content (AvgIpc) is 3.17. The number of nitrogens with zero attached hydrogens (tertiary/aromatic N) is 2. The Morgan fingerprint density at radius 3 is 2.70 bits per heavy atom. The molecule has 0 aliphatic carbocycles. The van der Waals surface area contributed by atoms with Crippen molar-refractivity contribution in [3.63, 3.8) is 0 Å². The van der Waals surface area contributed by atoms with Gasteiger partial charge in [-0.2, -0.15) is 0 Å². The molecular formula is C23H26N2O4S. The van der Waals surface area contributed by atoms with Gasteiger partial charge in [0.15, 0.2) is 5.13 Å². The summed E-state index contributed by atoms with van der Waals surface area (Å²) in [7, 11) is 1.65. The third-order valence-corrected chi connectivity index (χ3v) is 6.17. The fourth-order valence-corrected chi connectivity index (χ4v) is 4.33. The van der Waals surface area contributed by atoms with Crippen LogP contribution < -0.4 is 14.4 Å². The third-order valence-electron chi connectivity index (χ3n) is 5.09. The van der Waals surface area contributed by atoms with Gasteiger partial charge < -0.3 is 19.1 Å². The highest BCUT2D eigenvalue weighted by Crippen LogP contribution is 2.36. The van der Waals surface area contributed by atoms with Crippen molar-refractivity contribution in [2.45, 2.75) is 32.3 Å². The first-order valence-electron chi connectivity index (χ1n) is 10.3.